The fourth-order valence-corrected chi connectivity index (χ4v) is 2.53. The van der Waals surface area contributed by atoms with E-state index in [1.54, 1.807) is 18.2 Å². The molecular formula is C18H23ClN2O4. The molecule has 0 amide bonds. The van der Waals surface area contributed by atoms with Gasteiger partial charge < -0.3 is 25.0 Å². The molecule has 0 bridgehead atoms. The van der Waals surface area contributed by atoms with Crippen LogP contribution >= 0.6 is 11.6 Å². The highest BCUT2D eigenvalue weighted by Crippen LogP contribution is 2.36. The van der Waals surface area contributed by atoms with E-state index in [4.69, 9.17) is 21.1 Å². The van der Waals surface area contributed by atoms with Gasteiger partial charge in [0, 0.05) is 28.5 Å². The lowest BCUT2D eigenvalue weighted by molar-refractivity contribution is 0.267. The summed E-state index contributed by atoms with van der Waals surface area (Å²) in [6, 6.07) is 6.71. The van der Waals surface area contributed by atoms with Gasteiger partial charge in [0.15, 0.2) is 11.5 Å². The van der Waals surface area contributed by atoms with E-state index in [1.807, 2.05) is 19.9 Å². The lowest BCUT2D eigenvalue weighted by Gasteiger charge is -2.20. The average molecular weight is 367 g/mol. The van der Waals surface area contributed by atoms with E-state index in [1.165, 1.54) is 7.11 Å². The number of hydrogen-bond acceptors (Lipinski definition) is 6. The third kappa shape index (κ3) is 4.75. The molecule has 1 unspecified atom stereocenters. The standard InChI is InChI=1S/C18H23ClN2O4/c1-4-13(9-22)21-15-7-11(2)20-18(14(15)10-23)25-16-6-5-12(19)8-17(16)24-3/h5-8,13,22-23H,4,9-10H2,1-3H3,(H,20,21). The number of pyridine rings is 1. The molecule has 0 aliphatic carbocycles. The number of anilines is 1. The van der Waals surface area contributed by atoms with Gasteiger partial charge in [-0.1, -0.05) is 18.5 Å². The van der Waals surface area contributed by atoms with E-state index in [2.05, 4.69) is 10.3 Å². The summed E-state index contributed by atoms with van der Waals surface area (Å²) >= 11 is 5.97. The number of aromatic nitrogens is 1. The lowest BCUT2D eigenvalue weighted by atomic mass is 10.1. The van der Waals surface area contributed by atoms with Crippen molar-refractivity contribution in [1.82, 2.24) is 4.98 Å². The van der Waals surface area contributed by atoms with Crippen LogP contribution in [0.2, 0.25) is 5.02 Å². The quantitative estimate of drug-likeness (QED) is 0.663. The van der Waals surface area contributed by atoms with Gasteiger partial charge in [-0.2, -0.15) is 0 Å². The van der Waals surface area contributed by atoms with Gasteiger partial charge in [0.1, 0.15) is 0 Å². The third-order valence-corrected chi connectivity index (χ3v) is 4.01. The van der Waals surface area contributed by atoms with E-state index in [9.17, 15) is 10.2 Å². The van der Waals surface area contributed by atoms with E-state index in [0.717, 1.165) is 12.1 Å². The van der Waals surface area contributed by atoms with Gasteiger partial charge in [0.2, 0.25) is 5.88 Å². The summed E-state index contributed by atoms with van der Waals surface area (Å²) < 4.78 is 11.2. The Labute approximate surface area is 152 Å². The summed E-state index contributed by atoms with van der Waals surface area (Å²) in [6.45, 7) is 3.53. The van der Waals surface area contributed by atoms with Gasteiger partial charge in [-0.25, -0.2) is 4.98 Å². The van der Waals surface area contributed by atoms with Crippen LogP contribution in [0.25, 0.3) is 0 Å². The van der Waals surface area contributed by atoms with Gasteiger partial charge in [-0.15, -0.1) is 0 Å². The van der Waals surface area contributed by atoms with Crippen molar-refractivity contribution < 1.29 is 19.7 Å². The predicted octanol–water partition coefficient (Wildman–Crippen LogP) is 3.52. The Bertz CT molecular complexity index is 720. The first kappa shape index (κ1) is 19.3. The maximum atomic E-state index is 9.82. The summed E-state index contributed by atoms with van der Waals surface area (Å²) in [5.74, 6) is 1.19. The summed E-state index contributed by atoms with van der Waals surface area (Å²) in [7, 11) is 1.52. The van der Waals surface area contributed by atoms with Gasteiger partial charge in [0.05, 0.1) is 25.9 Å². The molecule has 0 saturated carbocycles. The van der Waals surface area contributed by atoms with Crippen molar-refractivity contribution in [3.8, 4) is 17.4 Å². The number of nitrogens with zero attached hydrogens (tertiary/aromatic N) is 1. The number of benzene rings is 1. The predicted molar refractivity (Wildman–Crippen MR) is 97.8 cm³/mol. The minimum atomic E-state index is -0.261. The highest BCUT2D eigenvalue weighted by Gasteiger charge is 2.17. The second-order valence-electron chi connectivity index (χ2n) is 5.58. The Balaban J connectivity index is 2.42. The monoisotopic (exact) mass is 366 g/mol. The Hall–Kier alpha value is -2.02. The van der Waals surface area contributed by atoms with Crippen molar-refractivity contribution in [3.63, 3.8) is 0 Å². The van der Waals surface area contributed by atoms with Crippen molar-refractivity contribution in [3.05, 3.63) is 40.5 Å². The summed E-state index contributed by atoms with van der Waals surface area (Å²) in [5.41, 5.74) is 1.91. The molecule has 0 saturated heterocycles. The molecule has 1 aromatic heterocycles. The van der Waals surface area contributed by atoms with Crippen LogP contribution < -0.4 is 14.8 Å². The smallest absolute Gasteiger partial charge is 0.227 e. The Morgan fingerprint density at radius 3 is 2.60 bits per heavy atom. The minimum Gasteiger partial charge on any atom is -0.493 e. The molecule has 0 aliphatic heterocycles. The second kappa shape index (κ2) is 8.89. The van der Waals surface area contributed by atoms with Gasteiger partial charge in [-0.05, 0) is 31.5 Å². The SMILES string of the molecule is CCC(CO)Nc1cc(C)nc(Oc2ccc(Cl)cc2OC)c1CO. The van der Waals surface area contributed by atoms with Crippen molar-refractivity contribution in [2.45, 2.75) is 32.9 Å². The largest absolute Gasteiger partial charge is 0.493 e. The van der Waals surface area contributed by atoms with Gasteiger partial charge in [0.25, 0.3) is 0 Å². The number of rotatable bonds is 8. The van der Waals surface area contributed by atoms with Gasteiger partial charge in [-0.3, -0.25) is 0 Å². The Morgan fingerprint density at radius 1 is 1.24 bits per heavy atom. The fraction of sp³-hybridized carbons (Fsp3) is 0.389. The van der Waals surface area contributed by atoms with E-state index in [0.29, 0.717) is 27.8 Å². The molecule has 136 valence electrons. The van der Waals surface area contributed by atoms with Crippen LogP contribution in [-0.2, 0) is 6.61 Å². The third-order valence-electron chi connectivity index (χ3n) is 3.78. The number of nitrogens with one attached hydrogen (secondary N) is 1. The molecule has 25 heavy (non-hydrogen) atoms. The van der Waals surface area contributed by atoms with E-state index >= 15 is 0 Å². The van der Waals surface area contributed by atoms with Crippen LogP contribution in [0, 0.1) is 6.92 Å². The number of hydrogen-bond donors (Lipinski definition) is 3. The highest BCUT2D eigenvalue weighted by atomic mass is 35.5. The highest BCUT2D eigenvalue weighted by molar-refractivity contribution is 6.30. The zero-order valence-electron chi connectivity index (χ0n) is 14.5. The number of halogens is 1. The molecule has 0 fully saturated rings. The fourth-order valence-electron chi connectivity index (χ4n) is 2.36. The van der Waals surface area contributed by atoms with E-state index in [-0.39, 0.29) is 25.1 Å². The topological polar surface area (TPSA) is 83.8 Å². The molecule has 6 nitrogen and oxygen atoms in total. The van der Waals surface area contributed by atoms with Crippen molar-refractivity contribution in [2.75, 3.05) is 19.0 Å². The molecule has 0 spiro atoms. The summed E-state index contributed by atoms with van der Waals surface area (Å²) in [4.78, 5) is 4.38. The molecule has 2 rings (SSSR count). The zero-order valence-corrected chi connectivity index (χ0v) is 15.3. The molecule has 2 aromatic rings. The first-order valence-electron chi connectivity index (χ1n) is 8.02. The first-order valence-corrected chi connectivity index (χ1v) is 8.40. The average Bonchev–Trinajstić information content (AvgIpc) is 2.60. The Kier molecular flexibility index (Phi) is 6.87. The molecule has 1 heterocycles. The van der Waals surface area contributed by atoms with Crippen LogP contribution in [0.4, 0.5) is 5.69 Å². The van der Waals surface area contributed by atoms with E-state index < -0.39 is 0 Å². The lowest BCUT2D eigenvalue weighted by Crippen LogP contribution is -2.23. The first-order chi connectivity index (χ1) is 12.0. The maximum Gasteiger partial charge on any atom is 0.227 e. The molecule has 0 radical (unpaired) electrons. The Morgan fingerprint density at radius 2 is 2.00 bits per heavy atom. The number of aliphatic hydroxyl groups is 2. The van der Waals surface area contributed by atoms with Crippen LogP contribution in [0.1, 0.15) is 24.6 Å². The zero-order chi connectivity index (χ0) is 18.4. The molecule has 7 heteroatoms. The second-order valence-corrected chi connectivity index (χ2v) is 6.02. The molecule has 1 atom stereocenters. The summed E-state index contributed by atoms with van der Waals surface area (Å²) in [5, 5.41) is 23.0. The normalized spacial score (nSPS) is 11.9. The van der Waals surface area contributed by atoms with Crippen LogP contribution in [-0.4, -0.2) is 35.0 Å². The molecular weight excluding hydrogens is 344 g/mol. The number of aliphatic hydroxyl groups excluding tert-OH is 2. The number of methoxy groups -OCH3 is 1. The minimum absolute atomic E-state index is 0.00998. The summed E-state index contributed by atoms with van der Waals surface area (Å²) in [6.07, 6.45) is 0.740. The number of aryl methyl sites for hydroxylation is 1. The van der Waals surface area contributed by atoms with Crippen LogP contribution in [0.5, 0.6) is 17.4 Å². The van der Waals surface area contributed by atoms with Crippen LogP contribution in [0.15, 0.2) is 24.3 Å². The van der Waals surface area contributed by atoms with Gasteiger partial charge >= 0.3 is 0 Å². The van der Waals surface area contributed by atoms with Crippen LogP contribution in [0.3, 0.4) is 0 Å². The van der Waals surface area contributed by atoms with Crippen molar-refractivity contribution in [2.24, 2.45) is 0 Å². The molecule has 0 aliphatic rings. The number of ether oxygens (including phenoxy) is 2. The molecule has 1 aromatic carbocycles. The van der Waals surface area contributed by atoms with Crippen molar-refractivity contribution >= 4 is 17.3 Å². The van der Waals surface area contributed by atoms with Crippen molar-refractivity contribution in [1.29, 1.82) is 0 Å². The maximum absolute atomic E-state index is 9.82. The molecule has 3 N–H and O–H groups in total.